The molecule has 0 aliphatic carbocycles. The lowest BCUT2D eigenvalue weighted by atomic mass is 10.3. The van der Waals surface area contributed by atoms with Crippen molar-refractivity contribution in [2.45, 2.75) is 6.92 Å². The van der Waals surface area contributed by atoms with Gasteiger partial charge in [0, 0.05) is 17.2 Å². The third-order valence-corrected chi connectivity index (χ3v) is 2.27. The van der Waals surface area contributed by atoms with Crippen LogP contribution in [0.1, 0.15) is 6.92 Å². The van der Waals surface area contributed by atoms with Crippen molar-refractivity contribution in [3.8, 4) is 5.75 Å². The maximum absolute atomic E-state index is 10.4. The first kappa shape index (κ1) is 12.9. The van der Waals surface area contributed by atoms with Gasteiger partial charge in [-0.15, -0.1) is 0 Å². The van der Waals surface area contributed by atoms with Crippen LogP contribution in [-0.2, 0) is 4.79 Å². The summed E-state index contributed by atoms with van der Waals surface area (Å²) < 4.78 is 5.33. The molecule has 0 aromatic heterocycles. The van der Waals surface area contributed by atoms with Gasteiger partial charge in [-0.2, -0.15) is 0 Å². The maximum Gasteiger partial charge on any atom is 0.328 e. The normalized spacial score (nSPS) is 11.3. The second kappa shape index (κ2) is 5.77. The van der Waals surface area contributed by atoms with Crippen LogP contribution in [0, 0.1) is 0 Å². The number of hydrogen-bond acceptors (Lipinski definition) is 2. The van der Waals surface area contributed by atoms with Gasteiger partial charge in [0.2, 0.25) is 0 Å². The monoisotopic (exact) mass is 260 g/mol. The van der Waals surface area contributed by atoms with Gasteiger partial charge in [0.05, 0.1) is 5.02 Å². The number of halogens is 2. The molecule has 1 N–H and O–H groups in total. The first-order valence-electron chi connectivity index (χ1n) is 4.47. The summed E-state index contributed by atoms with van der Waals surface area (Å²) in [5.74, 6) is -0.564. The Balaban J connectivity index is 2.68. The second-order valence-corrected chi connectivity index (χ2v) is 4.04. The zero-order valence-corrected chi connectivity index (χ0v) is 10.0. The molecule has 0 aliphatic rings. The van der Waals surface area contributed by atoms with Crippen LogP contribution in [0.2, 0.25) is 10.0 Å². The molecule has 0 fully saturated rings. The molecule has 1 aromatic rings. The lowest BCUT2D eigenvalue weighted by molar-refractivity contribution is -0.131. The first-order chi connectivity index (χ1) is 7.49. The number of ether oxygens (including phenoxy) is 1. The Morgan fingerprint density at radius 2 is 2.19 bits per heavy atom. The van der Waals surface area contributed by atoms with Crippen LogP contribution in [0.5, 0.6) is 5.75 Å². The number of carboxylic acid groups (broad SMARTS) is 1. The van der Waals surface area contributed by atoms with Crippen LogP contribution >= 0.6 is 23.2 Å². The van der Waals surface area contributed by atoms with E-state index in [1.807, 2.05) is 0 Å². The van der Waals surface area contributed by atoms with E-state index in [4.69, 9.17) is 33.0 Å². The minimum atomic E-state index is -1.00. The molecule has 0 spiro atoms. The Morgan fingerprint density at radius 3 is 2.81 bits per heavy atom. The predicted octanol–water partition coefficient (Wildman–Crippen LogP) is 3.40. The van der Waals surface area contributed by atoms with Gasteiger partial charge < -0.3 is 9.84 Å². The summed E-state index contributed by atoms with van der Waals surface area (Å²) in [5, 5.41) is 9.45. The molecule has 1 aromatic carbocycles. The highest BCUT2D eigenvalue weighted by atomic mass is 35.5. The second-order valence-electron chi connectivity index (χ2n) is 3.19. The number of hydrogen-bond donors (Lipinski definition) is 1. The molecule has 0 amide bonds. The van der Waals surface area contributed by atoms with Crippen molar-refractivity contribution in [2.24, 2.45) is 0 Å². The van der Waals surface area contributed by atoms with E-state index in [9.17, 15) is 4.79 Å². The van der Waals surface area contributed by atoms with Crippen LogP contribution in [0.15, 0.2) is 29.8 Å². The average Bonchev–Trinajstić information content (AvgIpc) is 2.18. The van der Waals surface area contributed by atoms with Crippen molar-refractivity contribution in [2.75, 3.05) is 6.61 Å². The molecule has 0 heterocycles. The first-order valence-corrected chi connectivity index (χ1v) is 5.22. The fraction of sp³-hybridized carbons (Fsp3) is 0.182. The number of carbonyl (C=O) groups is 1. The number of aliphatic carboxylic acids is 1. The quantitative estimate of drug-likeness (QED) is 0.845. The van der Waals surface area contributed by atoms with Gasteiger partial charge in [-0.1, -0.05) is 23.2 Å². The average molecular weight is 261 g/mol. The van der Waals surface area contributed by atoms with E-state index in [2.05, 4.69) is 0 Å². The summed E-state index contributed by atoms with van der Waals surface area (Å²) in [5.41, 5.74) is 0.587. The largest absolute Gasteiger partial charge is 0.488 e. The highest BCUT2D eigenvalue weighted by Crippen LogP contribution is 2.27. The van der Waals surface area contributed by atoms with Crippen LogP contribution in [0.25, 0.3) is 0 Å². The van der Waals surface area contributed by atoms with Crippen molar-refractivity contribution in [1.82, 2.24) is 0 Å². The molecule has 0 saturated carbocycles. The van der Waals surface area contributed by atoms with Gasteiger partial charge in [0.25, 0.3) is 0 Å². The standard InChI is InChI=1S/C11H10Cl2O3/c1-7(4-11(14)15)6-16-10-5-8(12)2-3-9(10)13/h2-5H,6H2,1H3,(H,14,15)/b7-4+. The Labute approximate surface area is 103 Å². The Kier molecular flexibility index (Phi) is 4.65. The van der Waals surface area contributed by atoms with Gasteiger partial charge >= 0.3 is 5.97 Å². The molecule has 0 bridgehead atoms. The zero-order valence-electron chi connectivity index (χ0n) is 8.54. The van der Waals surface area contributed by atoms with Gasteiger partial charge in [-0.25, -0.2) is 4.79 Å². The van der Waals surface area contributed by atoms with E-state index in [0.717, 1.165) is 6.08 Å². The molecule has 86 valence electrons. The van der Waals surface area contributed by atoms with E-state index in [-0.39, 0.29) is 6.61 Å². The predicted molar refractivity (Wildman–Crippen MR) is 63.3 cm³/mol. The minimum Gasteiger partial charge on any atom is -0.488 e. The molecule has 0 radical (unpaired) electrons. The van der Waals surface area contributed by atoms with Crippen molar-refractivity contribution < 1.29 is 14.6 Å². The van der Waals surface area contributed by atoms with Crippen LogP contribution in [0.4, 0.5) is 0 Å². The van der Waals surface area contributed by atoms with Crippen molar-refractivity contribution in [3.63, 3.8) is 0 Å². The summed E-state index contributed by atoms with van der Waals surface area (Å²) in [7, 11) is 0. The number of benzene rings is 1. The lowest BCUT2D eigenvalue weighted by Crippen LogP contribution is -2.01. The fourth-order valence-corrected chi connectivity index (χ4v) is 1.37. The molecular weight excluding hydrogens is 251 g/mol. The van der Waals surface area contributed by atoms with Crippen LogP contribution < -0.4 is 4.74 Å². The summed E-state index contributed by atoms with van der Waals surface area (Å²) in [6, 6.07) is 4.85. The maximum atomic E-state index is 10.4. The molecule has 3 nitrogen and oxygen atoms in total. The highest BCUT2D eigenvalue weighted by molar-refractivity contribution is 6.34. The Bertz CT molecular complexity index is 427. The topological polar surface area (TPSA) is 46.5 Å². The molecule has 0 atom stereocenters. The van der Waals surface area contributed by atoms with E-state index in [1.165, 1.54) is 0 Å². The molecule has 16 heavy (non-hydrogen) atoms. The van der Waals surface area contributed by atoms with Gasteiger partial charge in [-0.3, -0.25) is 0 Å². The van der Waals surface area contributed by atoms with Gasteiger partial charge in [0.1, 0.15) is 12.4 Å². The molecule has 5 heteroatoms. The summed E-state index contributed by atoms with van der Waals surface area (Å²) in [6.45, 7) is 1.82. The number of rotatable bonds is 4. The Hall–Kier alpha value is -1.19. The van der Waals surface area contributed by atoms with Crippen LogP contribution in [-0.4, -0.2) is 17.7 Å². The van der Waals surface area contributed by atoms with E-state index in [0.29, 0.717) is 21.4 Å². The molecule has 0 aliphatic heterocycles. The Morgan fingerprint density at radius 1 is 1.50 bits per heavy atom. The van der Waals surface area contributed by atoms with Gasteiger partial charge in [-0.05, 0) is 24.6 Å². The molecular formula is C11H10Cl2O3. The summed E-state index contributed by atoms with van der Waals surface area (Å²) in [6.07, 6.45) is 1.08. The van der Waals surface area contributed by atoms with Crippen LogP contribution in [0.3, 0.4) is 0 Å². The third kappa shape index (κ3) is 4.13. The SMILES string of the molecule is C/C(=C\C(=O)O)COc1cc(Cl)ccc1Cl. The third-order valence-electron chi connectivity index (χ3n) is 1.72. The van der Waals surface area contributed by atoms with E-state index in [1.54, 1.807) is 25.1 Å². The van der Waals surface area contributed by atoms with Crippen molar-refractivity contribution >= 4 is 29.2 Å². The smallest absolute Gasteiger partial charge is 0.328 e. The van der Waals surface area contributed by atoms with E-state index >= 15 is 0 Å². The van der Waals surface area contributed by atoms with Crippen molar-refractivity contribution in [1.29, 1.82) is 0 Å². The summed E-state index contributed by atoms with van der Waals surface area (Å²) in [4.78, 5) is 10.4. The zero-order chi connectivity index (χ0) is 12.1. The molecule has 1 rings (SSSR count). The van der Waals surface area contributed by atoms with E-state index < -0.39 is 5.97 Å². The van der Waals surface area contributed by atoms with Gasteiger partial charge in [0.15, 0.2) is 0 Å². The highest BCUT2D eigenvalue weighted by Gasteiger charge is 2.03. The van der Waals surface area contributed by atoms with Crippen molar-refractivity contribution in [3.05, 3.63) is 39.9 Å². The number of carboxylic acids is 1. The minimum absolute atomic E-state index is 0.159. The fourth-order valence-electron chi connectivity index (χ4n) is 1.03. The lowest BCUT2D eigenvalue weighted by Gasteiger charge is -2.08. The molecule has 0 saturated heterocycles. The molecule has 0 unspecified atom stereocenters. The summed E-state index contributed by atoms with van der Waals surface area (Å²) >= 11 is 11.6.